The summed E-state index contributed by atoms with van der Waals surface area (Å²) in [5, 5.41) is 3.76. The van der Waals surface area contributed by atoms with Gasteiger partial charge < -0.3 is 5.32 Å². The average molecular weight is 243 g/mol. The summed E-state index contributed by atoms with van der Waals surface area (Å²) in [5.74, 6) is 0.948. The lowest BCUT2D eigenvalue weighted by Gasteiger charge is -2.31. The quantitative estimate of drug-likeness (QED) is 0.803. The van der Waals surface area contributed by atoms with Gasteiger partial charge in [-0.15, -0.1) is 0 Å². The van der Waals surface area contributed by atoms with Crippen molar-refractivity contribution in [2.45, 2.75) is 52.0 Å². The molecule has 1 unspecified atom stereocenters. The van der Waals surface area contributed by atoms with E-state index in [-0.39, 0.29) is 0 Å². The Hall–Kier alpha value is -0.820. The second-order valence-electron chi connectivity index (χ2n) is 6.69. The van der Waals surface area contributed by atoms with E-state index in [9.17, 15) is 0 Å². The van der Waals surface area contributed by atoms with Crippen LogP contribution in [0, 0.1) is 18.3 Å². The van der Waals surface area contributed by atoms with Crippen LogP contribution >= 0.6 is 0 Å². The first-order chi connectivity index (χ1) is 8.67. The highest BCUT2D eigenvalue weighted by Crippen LogP contribution is 2.47. The molecular formula is C17H25N. The third-order valence-corrected chi connectivity index (χ3v) is 4.79. The molecule has 1 N–H and O–H groups in total. The van der Waals surface area contributed by atoms with Crippen molar-refractivity contribution in [2.75, 3.05) is 6.54 Å². The molecule has 0 amide bonds. The van der Waals surface area contributed by atoms with Crippen molar-refractivity contribution in [1.82, 2.24) is 5.32 Å². The van der Waals surface area contributed by atoms with Gasteiger partial charge >= 0.3 is 0 Å². The molecule has 2 fully saturated rings. The molecule has 0 bridgehead atoms. The predicted molar refractivity (Wildman–Crippen MR) is 76.7 cm³/mol. The summed E-state index contributed by atoms with van der Waals surface area (Å²) in [4.78, 5) is 0. The van der Waals surface area contributed by atoms with Gasteiger partial charge in [-0.1, -0.05) is 31.2 Å². The van der Waals surface area contributed by atoms with Crippen LogP contribution in [0.1, 0.15) is 43.7 Å². The zero-order valence-corrected chi connectivity index (χ0v) is 11.7. The summed E-state index contributed by atoms with van der Waals surface area (Å²) in [6, 6.07) is 9.73. The number of hydrogen-bond acceptors (Lipinski definition) is 1. The van der Waals surface area contributed by atoms with Gasteiger partial charge in [-0.05, 0) is 61.5 Å². The third-order valence-electron chi connectivity index (χ3n) is 4.79. The zero-order valence-electron chi connectivity index (χ0n) is 11.7. The second kappa shape index (κ2) is 4.70. The van der Waals surface area contributed by atoms with E-state index in [4.69, 9.17) is 0 Å². The van der Waals surface area contributed by atoms with Crippen LogP contribution in [-0.4, -0.2) is 12.6 Å². The molecule has 0 radical (unpaired) electrons. The van der Waals surface area contributed by atoms with Crippen molar-refractivity contribution >= 4 is 0 Å². The summed E-state index contributed by atoms with van der Waals surface area (Å²) >= 11 is 0. The topological polar surface area (TPSA) is 12.0 Å². The minimum Gasteiger partial charge on any atom is -0.313 e. The van der Waals surface area contributed by atoms with Crippen molar-refractivity contribution in [3.05, 3.63) is 35.4 Å². The lowest BCUT2D eigenvalue weighted by atomic mass is 9.78. The fourth-order valence-electron chi connectivity index (χ4n) is 3.04. The Morgan fingerprint density at radius 1 is 1.17 bits per heavy atom. The van der Waals surface area contributed by atoms with Gasteiger partial charge in [0, 0.05) is 12.6 Å². The number of nitrogens with one attached hydrogen (secondary N) is 1. The zero-order chi connectivity index (χ0) is 12.6. The molecule has 1 aromatic rings. The monoisotopic (exact) mass is 243 g/mol. The number of benzene rings is 1. The summed E-state index contributed by atoms with van der Waals surface area (Å²) < 4.78 is 0. The molecule has 0 heterocycles. The van der Waals surface area contributed by atoms with Crippen molar-refractivity contribution < 1.29 is 0 Å². The summed E-state index contributed by atoms with van der Waals surface area (Å²) in [6.07, 6.45) is 6.91. The Labute approximate surface area is 111 Å². The van der Waals surface area contributed by atoms with Crippen molar-refractivity contribution in [3.63, 3.8) is 0 Å². The Kier molecular flexibility index (Phi) is 3.19. The smallest absolute Gasteiger partial charge is 0.00684 e. The molecular weight excluding hydrogens is 218 g/mol. The van der Waals surface area contributed by atoms with Crippen LogP contribution in [0.15, 0.2) is 24.3 Å². The van der Waals surface area contributed by atoms with E-state index in [1.807, 2.05) is 0 Å². The molecule has 2 aliphatic rings. The number of hydrogen-bond donors (Lipinski definition) is 1. The van der Waals surface area contributed by atoms with Gasteiger partial charge in [-0.2, -0.15) is 0 Å². The Morgan fingerprint density at radius 3 is 2.50 bits per heavy atom. The lowest BCUT2D eigenvalue weighted by molar-refractivity contribution is 0.254. The van der Waals surface area contributed by atoms with Gasteiger partial charge in [0.05, 0.1) is 0 Å². The first-order valence-corrected chi connectivity index (χ1v) is 7.45. The van der Waals surface area contributed by atoms with E-state index in [2.05, 4.69) is 43.4 Å². The van der Waals surface area contributed by atoms with Crippen molar-refractivity contribution in [3.8, 4) is 0 Å². The van der Waals surface area contributed by atoms with Gasteiger partial charge in [0.15, 0.2) is 0 Å². The van der Waals surface area contributed by atoms with E-state index in [1.54, 1.807) is 5.56 Å². The molecule has 2 saturated carbocycles. The van der Waals surface area contributed by atoms with Gasteiger partial charge in [-0.3, -0.25) is 0 Å². The lowest BCUT2D eigenvalue weighted by Crippen LogP contribution is -2.36. The van der Waals surface area contributed by atoms with Crippen molar-refractivity contribution in [1.29, 1.82) is 0 Å². The summed E-state index contributed by atoms with van der Waals surface area (Å²) in [7, 11) is 0. The maximum Gasteiger partial charge on any atom is 0.00684 e. The van der Waals surface area contributed by atoms with Crippen LogP contribution in [-0.2, 0) is 6.42 Å². The van der Waals surface area contributed by atoms with Crippen LogP contribution in [0.2, 0.25) is 0 Å². The Bertz CT molecular complexity index is 417. The van der Waals surface area contributed by atoms with E-state index < -0.39 is 0 Å². The Balaban J connectivity index is 1.70. The maximum atomic E-state index is 3.76. The van der Waals surface area contributed by atoms with Gasteiger partial charge in [0.1, 0.15) is 0 Å². The van der Waals surface area contributed by atoms with Crippen LogP contribution in [0.3, 0.4) is 0 Å². The molecule has 0 aromatic heterocycles. The minimum absolute atomic E-state index is 0.467. The molecule has 3 rings (SSSR count). The molecule has 1 aromatic carbocycles. The van der Waals surface area contributed by atoms with E-state index in [0.717, 1.165) is 12.0 Å². The highest BCUT2D eigenvalue weighted by Gasteiger charge is 2.42. The first-order valence-electron chi connectivity index (χ1n) is 7.45. The van der Waals surface area contributed by atoms with Crippen LogP contribution in [0.25, 0.3) is 0 Å². The molecule has 1 atom stereocenters. The maximum absolute atomic E-state index is 3.76. The third kappa shape index (κ3) is 2.77. The second-order valence-corrected chi connectivity index (χ2v) is 6.69. The van der Waals surface area contributed by atoms with Gasteiger partial charge in [-0.25, -0.2) is 0 Å². The minimum atomic E-state index is 0.467. The average Bonchev–Trinajstić information content (AvgIpc) is 3.22. The summed E-state index contributed by atoms with van der Waals surface area (Å²) in [6.45, 7) is 5.94. The molecule has 1 nitrogen and oxygen atoms in total. The fraction of sp³-hybridized carbons (Fsp3) is 0.647. The fourth-order valence-corrected chi connectivity index (χ4v) is 3.04. The van der Waals surface area contributed by atoms with Crippen LogP contribution < -0.4 is 5.32 Å². The SMILES string of the molecule is Cc1ccccc1CC(C)(CNC1CC1)C1CC1. The standard InChI is InChI=1S/C17H25N/c1-13-5-3-4-6-14(13)11-17(2,15-7-8-15)12-18-16-9-10-16/h3-6,15-16,18H,7-12H2,1-2H3. The molecule has 0 saturated heterocycles. The van der Waals surface area contributed by atoms with Crippen LogP contribution in [0.4, 0.5) is 0 Å². The highest BCUT2D eigenvalue weighted by atomic mass is 15.0. The molecule has 0 aliphatic heterocycles. The number of rotatable bonds is 6. The normalized spacial score (nSPS) is 22.8. The van der Waals surface area contributed by atoms with Gasteiger partial charge in [0.2, 0.25) is 0 Å². The first kappa shape index (κ1) is 12.2. The van der Waals surface area contributed by atoms with Gasteiger partial charge in [0.25, 0.3) is 0 Å². The van der Waals surface area contributed by atoms with Crippen molar-refractivity contribution in [2.24, 2.45) is 11.3 Å². The molecule has 0 spiro atoms. The predicted octanol–water partition coefficient (Wildman–Crippen LogP) is 3.71. The highest BCUT2D eigenvalue weighted by molar-refractivity contribution is 5.27. The largest absolute Gasteiger partial charge is 0.313 e. The van der Waals surface area contributed by atoms with E-state index in [1.165, 1.54) is 44.2 Å². The molecule has 18 heavy (non-hydrogen) atoms. The van der Waals surface area contributed by atoms with E-state index in [0.29, 0.717) is 5.41 Å². The van der Waals surface area contributed by atoms with E-state index >= 15 is 0 Å². The molecule has 98 valence electrons. The molecule has 1 heteroatoms. The Morgan fingerprint density at radius 2 is 1.89 bits per heavy atom. The molecule has 2 aliphatic carbocycles. The number of aryl methyl sites for hydroxylation is 1. The summed E-state index contributed by atoms with van der Waals surface area (Å²) in [5.41, 5.74) is 3.47. The van der Waals surface area contributed by atoms with Crippen LogP contribution in [0.5, 0.6) is 0 Å².